The third-order valence-corrected chi connectivity index (χ3v) is 3.64. The van der Waals surface area contributed by atoms with E-state index in [2.05, 4.69) is 10.6 Å². The second kappa shape index (κ2) is 6.17. The van der Waals surface area contributed by atoms with Crippen molar-refractivity contribution >= 4 is 11.6 Å². The molecule has 104 valence electrons. The molecule has 4 nitrogen and oxygen atoms in total. The molecule has 0 bridgehead atoms. The summed E-state index contributed by atoms with van der Waals surface area (Å²) in [6.45, 7) is 6.82. The van der Waals surface area contributed by atoms with Crippen molar-refractivity contribution in [2.24, 2.45) is 5.41 Å². The van der Waals surface area contributed by atoms with Crippen LogP contribution < -0.4 is 10.6 Å². The SMILES string of the molecule is CCOCc1ccccc1NC(=O)C1(C)CCNC1. The maximum Gasteiger partial charge on any atom is 0.231 e. The van der Waals surface area contributed by atoms with Gasteiger partial charge in [0.1, 0.15) is 0 Å². The number of benzene rings is 1. The molecule has 19 heavy (non-hydrogen) atoms. The first-order valence-electron chi connectivity index (χ1n) is 6.83. The monoisotopic (exact) mass is 262 g/mol. The molecule has 4 heteroatoms. The lowest BCUT2D eigenvalue weighted by atomic mass is 9.88. The van der Waals surface area contributed by atoms with Crippen molar-refractivity contribution in [3.63, 3.8) is 0 Å². The highest BCUT2D eigenvalue weighted by Crippen LogP contribution is 2.27. The van der Waals surface area contributed by atoms with Crippen LogP contribution >= 0.6 is 0 Å². The Kier molecular flexibility index (Phi) is 4.56. The van der Waals surface area contributed by atoms with E-state index in [1.165, 1.54) is 0 Å². The van der Waals surface area contributed by atoms with Crippen LogP contribution in [0.25, 0.3) is 0 Å². The Balaban J connectivity index is 2.07. The lowest BCUT2D eigenvalue weighted by molar-refractivity contribution is -0.123. The molecule has 0 radical (unpaired) electrons. The summed E-state index contributed by atoms with van der Waals surface area (Å²) in [4.78, 5) is 12.4. The van der Waals surface area contributed by atoms with Crippen molar-refractivity contribution < 1.29 is 9.53 Å². The van der Waals surface area contributed by atoms with Gasteiger partial charge in [-0.25, -0.2) is 0 Å². The summed E-state index contributed by atoms with van der Waals surface area (Å²) in [6, 6.07) is 7.81. The van der Waals surface area contributed by atoms with Crippen LogP contribution in [0, 0.1) is 5.41 Å². The van der Waals surface area contributed by atoms with E-state index in [1.807, 2.05) is 38.1 Å². The normalized spacial score (nSPS) is 22.4. The molecule has 2 rings (SSSR count). The molecular weight excluding hydrogens is 240 g/mol. The average molecular weight is 262 g/mol. The van der Waals surface area contributed by atoms with Gasteiger partial charge in [-0.3, -0.25) is 4.79 Å². The highest BCUT2D eigenvalue weighted by atomic mass is 16.5. The molecular formula is C15H22N2O2. The highest BCUT2D eigenvalue weighted by Gasteiger charge is 2.36. The molecule has 0 spiro atoms. The Bertz CT molecular complexity index is 440. The first kappa shape index (κ1) is 14.0. The summed E-state index contributed by atoms with van der Waals surface area (Å²) in [7, 11) is 0. The van der Waals surface area contributed by atoms with Gasteiger partial charge < -0.3 is 15.4 Å². The van der Waals surface area contributed by atoms with Gasteiger partial charge in [-0.05, 0) is 32.9 Å². The molecule has 0 aliphatic carbocycles. The minimum Gasteiger partial charge on any atom is -0.377 e. The number of carbonyl (C=O) groups excluding carboxylic acids is 1. The maximum absolute atomic E-state index is 12.4. The Morgan fingerprint density at radius 3 is 2.95 bits per heavy atom. The Morgan fingerprint density at radius 2 is 2.26 bits per heavy atom. The molecule has 1 atom stereocenters. The van der Waals surface area contributed by atoms with Crippen LogP contribution in [0.5, 0.6) is 0 Å². The van der Waals surface area contributed by atoms with Gasteiger partial charge in [0, 0.05) is 24.4 Å². The molecule has 1 saturated heterocycles. The Labute approximate surface area is 114 Å². The highest BCUT2D eigenvalue weighted by molar-refractivity contribution is 5.96. The van der Waals surface area contributed by atoms with Crippen LogP contribution in [-0.4, -0.2) is 25.6 Å². The van der Waals surface area contributed by atoms with Gasteiger partial charge in [-0.15, -0.1) is 0 Å². The maximum atomic E-state index is 12.4. The van der Waals surface area contributed by atoms with Gasteiger partial charge in [-0.1, -0.05) is 18.2 Å². The van der Waals surface area contributed by atoms with Crippen molar-refractivity contribution in [2.45, 2.75) is 26.9 Å². The number of ether oxygens (including phenoxy) is 1. The van der Waals surface area contributed by atoms with Crippen LogP contribution in [0.15, 0.2) is 24.3 Å². The molecule has 1 fully saturated rings. The van der Waals surface area contributed by atoms with E-state index < -0.39 is 0 Å². The molecule has 1 aromatic rings. The number of hydrogen-bond acceptors (Lipinski definition) is 3. The third kappa shape index (κ3) is 3.33. The Morgan fingerprint density at radius 1 is 1.47 bits per heavy atom. The van der Waals surface area contributed by atoms with E-state index in [9.17, 15) is 4.79 Å². The van der Waals surface area contributed by atoms with Crippen molar-refractivity contribution in [1.29, 1.82) is 0 Å². The number of para-hydroxylation sites is 1. The predicted octanol–water partition coefficient (Wildman–Crippen LogP) is 2.16. The van der Waals surface area contributed by atoms with E-state index in [-0.39, 0.29) is 11.3 Å². The third-order valence-electron chi connectivity index (χ3n) is 3.64. The minimum atomic E-state index is -0.307. The molecule has 1 aromatic carbocycles. The van der Waals surface area contributed by atoms with Crippen molar-refractivity contribution in [2.75, 3.05) is 25.0 Å². The second-order valence-corrected chi connectivity index (χ2v) is 5.24. The van der Waals surface area contributed by atoms with Crippen LogP contribution in [0.3, 0.4) is 0 Å². The van der Waals surface area contributed by atoms with Gasteiger partial charge in [0.15, 0.2) is 0 Å². The van der Waals surface area contributed by atoms with Crippen LogP contribution in [0.1, 0.15) is 25.8 Å². The molecule has 0 saturated carbocycles. The van der Waals surface area contributed by atoms with E-state index in [1.54, 1.807) is 0 Å². The molecule has 1 unspecified atom stereocenters. The minimum absolute atomic E-state index is 0.0847. The molecule has 1 aliphatic rings. The summed E-state index contributed by atoms with van der Waals surface area (Å²) >= 11 is 0. The number of nitrogens with one attached hydrogen (secondary N) is 2. The molecule has 1 heterocycles. The zero-order valence-corrected chi connectivity index (χ0v) is 11.7. The van der Waals surface area contributed by atoms with Crippen molar-refractivity contribution in [3.05, 3.63) is 29.8 Å². The van der Waals surface area contributed by atoms with E-state index in [0.29, 0.717) is 13.2 Å². The summed E-state index contributed by atoms with van der Waals surface area (Å²) in [6.07, 6.45) is 0.881. The number of anilines is 1. The standard InChI is InChI=1S/C15H22N2O2/c1-3-19-10-12-6-4-5-7-13(12)17-14(18)15(2)8-9-16-11-15/h4-7,16H,3,8-11H2,1-2H3,(H,17,18). The second-order valence-electron chi connectivity index (χ2n) is 5.24. The summed E-state index contributed by atoms with van der Waals surface area (Å²) in [5.41, 5.74) is 1.57. The summed E-state index contributed by atoms with van der Waals surface area (Å²) in [5, 5.41) is 6.29. The first-order valence-corrected chi connectivity index (χ1v) is 6.83. The zero-order chi connectivity index (χ0) is 13.7. The average Bonchev–Trinajstić information content (AvgIpc) is 2.86. The number of carbonyl (C=O) groups is 1. The van der Waals surface area contributed by atoms with Gasteiger partial charge in [-0.2, -0.15) is 0 Å². The topological polar surface area (TPSA) is 50.4 Å². The van der Waals surface area contributed by atoms with Crippen molar-refractivity contribution in [3.8, 4) is 0 Å². The summed E-state index contributed by atoms with van der Waals surface area (Å²) < 4.78 is 5.43. The van der Waals surface area contributed by atoms with E-state index in [4.69, 9.17) is 4.74 Å². The number of amides is 1. The fourth-order valence-electron chi connectivity index (χ4n) is 2.26. The van der Waals surface area contributed by atoms with E-state index in [0.717, 1.165) is 30.8 Å². The number of hydrogen-bond donors (Lipinski definition) is 2. The predicted molar refractivity (Wildman–Crippen MR) is 76.0 cm³/mol. The number of rotatable bonds is 5. The van der Waals surface area contributed by atoms with Crippen molar-refractivity contribution in [1.82, 2.24) is 5.32 Å². The van der Waals surface area contributed by atoms with Crippen LogP contribution in [0.2, 0.25) is 0 Å². The lowest BCUT2D eigenvalue weighted by Crippen LogP contribution is -2.35. The lowest BCUT2D eigenvalue weighted by Gasteiger charge is -2.22. The molecule has 1 aliphatic heterocycles. The Hall–Kier alpha value is -1.39. The van der Waals surface area contributed by atoms with E-state index >= 15 is 0 Å². The fraction of sp³-hybridized carbons (Fsp3) is 0.533. The zero-order valence-electron chi connectivity index (χ0n) is 11.7. The van der Waals surface area contributed by atoms with Gasteiger partial charge in [0.05, 0.1) is 12.0 Å². The molecule has 2 N–H and O–H groups in total. The van der Waals surface area contributed by atoms with Gasteiger partial charge in [0.25, 0.3) is 0 Å². The molecule has 1 amide bonds. The van der Waals surface area contributed by atoms with Gasteiger partial charge in [0.2, 0.25) is 5.91 Å². The van der Waals surface area contributed by atoms with Crippen LogP contribution in [0.4, 0.5) is 5.69 Å². The quantitative estimate of drug-likeness (QED) is 0.855. The first-order chi connectivity index (χ1) is 9.15. The largest absolute Gasteiger partial charge is 0.377 e. The fourth-order valence-corrected chi connectivity index (χ4v) is 2.26. The van der Waals surface area contributed by atoms with Gasteiger partial charge >= 0.3 is 0 Å². The summed E-state index contributed by atoms with van der Waals surface area (Å²) in [5.74, 6) is 0.0847. The smallest absolute Gasteiger partial charge is 0.231 e. The molecule has 0 aromatic heterocycles. The van der Waals surface area contributed by atoms with Crippen LogP contribution in [-0.2, 0) is 16.1 Å².